The Hall–Kier alpha value is -3.79. The standard InChI is InChI=1S/C26H26ClF2N3O5/c1-32(23(33)10-7-16-4-3-5-21(29)25(16)27)20(9-11-24(34)36-2)15-37-26(35)31-22-13-18-12-19(28)8-6-17(18)14-30-22/h3-6,8,12-14,20H,7,9-11,15H2,1-2H3,(H,30,31,35)/t20-/m0/s1. The molecule has 2 aromatic carbocycles. The van der Waals surface area contributed by atoms with Crippen molar-refractivity contribution >= 4 is 46.2 Å². The number of amides is 2. The number of halogens is 3. The van der Waals surface area contributed by atoms with Gasteiger partial charge in [-0.15, -0.1) is 0 Å². The summed E-state index contributed by atoms with van der Waals surface area (Å²) in [6, 6.07) is 9.43. The lowest BCUT2D eigenvalue weighted by Crippen LogP contribution is -2.41. The van der Waals surface area contributed by atoms with E-state index in [0.29, 0.717) is 16.3 Å². The van der Waals surface area contributed by atoms with Gasteiger partial charge in [0.05, 0.1) is 18.2 Å². The molecule has 1 heterocycles. The van der Waals surface area contributed by atoms with Gasteiger partial charge < -0.3 is 14.4 Å². The summed E-state index contributed by atoms with van der Waals surface area (Å²) in [5.41, 5.74) is 0.493. The van der Waals surface area contributed by atoms with E-state index in [0.717, 1.165) is 0 Å². The van der Waals surface area contributed by atoms with E-state index in [1.165, 1.54) is 55.6 Å². The molecule has 11 heteroatoms. The molecule has 0 spiro atoms. The van der Waals surface area contributed by atoms with Gasteiger partial charge >= 0.3 is 12.1 Å². The lowest BCUT2D eigenvalue weighted by molar-refractivity contribution is -0.142. The highest BCUT2D eigenvalue weighted by molar-refractivity contribution is 6.31. The molecule has 1 N–H and O–H groups in total. The smallest absolute Gasteiger partial charge is 0.412 e. The first-order chi connectivity index (χ1) is 17.7. The number of aryl methyl sites for hydroxylation is 1. The number of nitrogens with one attached hydrogen (secondary N) is 1. The van der Waals surface area contributed by atoms with Crippen LogP contribution in [-0.4, -0.2) is 54.7 Å². The predicted molar refractivity (Wildman–Crippen MR) is 134 cm³/mol. The molecule has 0 aliphatic rings. The molecule has 0 bridgehead atoms. The molecule has 2 amide bonds. The van der Waals surface area contributed by atoms with E-state index in [-0.39, 0.29) is 49.0 Å². The fourth-order valence-electron chi connectivity index (χ4n) is 3.63. The summed E-state index contributed by atoms with van der Waals surface area (Å²) in [4.78, 5) is 42.4. The minimum atomic E-state index is -0.835. The third-order valence-electron chi connectivity index (χ3n) is 5.81. The van der Waals surface area contributed by atoms with Crippen LogP contribution in [0.3, 0.4) is 0 Å². The molecule has 1 aromatic heterocycles. The number of likely N-dealkylation sites (N-methyl/N-ethyl adjacent to an activating group) is 1. The van der Waals surface area contributed by atoms with Crippen molar-refractivity contribution in [1.82, 2.24) is 9.88 Å². The summed E-state index contributed by atoms with van der Waals surface area (Å²) in [6.07, 6.45) is 1.06. The van der Waals surface area contributed by atoms with Gasteiger partial charge in [-0.1, -0.05) is 23.7 Å². The Labute approximate surface area is 217 Å². The van der Waals surface area contributed by atoms with Gasteiger partial charge in [0, 0.05) is 31.5 Å². The molecule has 0 unspecified atom stereocenters. The highest BCUT2D eigenvalue weighted by Gasteiger charge is 2.23. The number of aromatic nitrogens is 1. The van der Waals surface area contributed by atoms with Crippen LogP contribution in [0.1, 0.15) is 24.8 Å². The number of pyridine rings is 1. The Balaban J connectivity index is 1.61. The summed E-state index contributed by atoms with van der Waals surface area (Å²) in [5.74, 6) is -1.62. The topological polar surface area (TPSA) is 97.8 Å². The number of esters is 1. The summed E-state index contributed by atoms with van der Waals surface area (Å²) in [6.45, 7) is -0.214. The predicted octanol–water partition coefficient (Wildman–Crippen LogP) is 5.13. The second kappa shape index (κ2) is 13.0. The molecule has 8 nitrogen and oxygen atoms in total. The molecule has 0 saturated carbocycles. The van der Waals surface area contributed by atoms with Gasteiger partial charge in [-0.05, 0) is 54.1 Å². The minimum absolute atomic E-state index is 0.00269. The molecule has 0 aliphatic heterocycles. The number of methoxy groups -OCH3 is 1. The molecule has 3 rings (SSSR count). The van der Waals surface area contributed by atoms with E-state index >= 15 is 0 Å². The van der Waals surface area contributed by atoms with E-state index in [4.69, 9.17) is 16.3 Å². The molecule has 0 fully saturated rings. The van der Waals surface area contributed by atoms with Crippen LogP contribution in [0.15, 0.2) is 48.7 Å². The van der Waals surface area contributed by atoms with Gasteiger partial charge in [0.1, 0.15) is 24.1 Å². The first-order valence-electron chi connectivity index (χ1n) is 11.4. The number of hydrogen-bond acceptors (Lipinski definition) is 6. The largest absolute Gasteiger partial charge is 0.469 e. The zero-order valence-corrected chi connectivity index (χ0v) is 21.1. The average Bonchev–Trinajstić information content (AvgIpc) is 2.88. The molecular weight excluding hydrogens is 508 g/mol. The number of anilines is 1. The van der Waals surface area contributed by atoms with Gasteiger partial charge in [0.25, 0.3) is 0 Å². The van der Waals surface area contributed by atoms with Crippen LogP contribution in [0.2, 0.25) is 5.02 Å². The Bertz CT molecular complexity index is 1290. The normalized spacial score (nSPS) is 11.6. The molecule has 3 aromatic rings. The number of hydrogen-bond donors (Lipinski definition) is 1. The Morgan fingerprint density at radius 3 is 2.65 bits per heavy atom. The Morgan fingerprint density at radius 1 is 1.11 bits per heavy atom. The number of fused-ring (bicyclic) bond motifs is 1. The van der Waals surface area contributed by atoms with Crippen LogP contribution in [0.25, 0.3) is 10.8 Å². The first-order valence-corrected chi connectivity index (χ1v) is 11.8. The van der Waals surface area contributed by atoms with Gasteiger partial charge in [-0.3, -0.25) is 14.9 Å². The van der Waals surface area contributed by atoms with E-state index in [1.54, 1.807) is 12.1 Å². The maximum absolute atomic E-state index is 13.7. The number of nitrogens with zero attached hydrogens (tertiary/aromatic N) is 2. The molecule has 0 aliphatic carbocycles. The molecule has 0 saturated heterocycles. The lowest BCUT2D eigenvalue weighted by Gasteiger charge is -2.28. The SMILES string of the molecule is COC(=O)CC[C@@H](COC(=O)Nc1cc2cc(F)ccc2cn1)N(C)C(=O)CCc1cccc(F)c1Cl. The third kappa shape index (κ3) is 7.85. The van der Waals surface area contributed by atoms with Crippen molar-refractivity contribution in [3.05, 3.63) is 70.9 Å². The van der Waals surface area contributed by atoms with Crippen LogP contribution in [0.5, 0.6) is 0 Å². The van der Waals surface area contributed by atoms with E-state index in [2.05, 4.69) is 15.0 Å². The number of carbonyl (C=O) groups is 3. The van der Waals surface area contributed by atoms with Crippen molar-refractivity contribution in [2.75, 3.05) is 26.1 Å². The summed E-state index contributed by atoms with van der Waals surface area (Å²) < 4.78 is 37.2. The van der Waals surface area contributed by atoms with Crippen LogP contribution in [0.4, 0.5) is 19.4 Å². The van der Waals surface area contributed by atoms with Crippen molar-refractivity contribution < 1.29 is 32.6 Å². The van der Waals surface area contributed by atoms with Crippen molar-refractivity contribution in [1.29, 1.82) is 0 Å². The first kappa shape index (κ1) is 27.8. The fraction of sp³-hybridized carbons (Fsp3) is 0.308. The highest BCUT2D eigenvalue weighted by atomic mass is 35.5. The van der Waals surface area contributed by atoms with Crippen LogP contribution >= 0.6 is 11.6 Å². The second-order valence-electron chi connectivity index (χ2n) is 8.27. The van der Waals surface area contributed by atoms with Crippen LogP contribution in [0, 0.1) is 11.6 Å². The number of benzene rings is 2. The maximum atomic E-state index is 13.7. The summed E-state index contributed by atoms with van der Waals surface area (Å²) >= 11 is 5.97. The van der Waals surface area contributed by atoms with Crippen LogP contribution < -0.4 is 5.32 Å². The van der Waals surface area contributed by atoms with E-state index < -0.39 is 29.7 Å². The fourth-order valence-corrected chi connectivity index (χ4v) is 3.85. The minimum Gasteiger partial charge on any atom is -0.469 e. The summed E-state index contributed by atoms with van der Waals surface area (Å²) in [5, 5.41) is 3.68. The van der Waals surface area contributed by atoms with E-state index in [9.17, 15) is 23.2 Å². The van der Waals surface area contributed by atoms with Crippen molar-refractivity contribution in [2.45, 2.75) is 31.7 Å². The molecule has 0 radical (unpaired) electrons. The second-order valence-corrected chi connectivity index (χ2v) is 8.65. The highest BCUT2D eigenvalue weighted by Crippen LogP contribution is 2.22. The van der Waals surface area contributed by atoms with Crippen molar-refractivity contribution in [3.8, 4) is 0 Å². The van der Waals surface area contributed by atoms with Gasteiger partial charge in [-0.2, -0.15) is 0 Å². The molecular formula is C26H26ClF2N3O5. The molecule has 37 heavy (non-hydrogen) atoms. The average molecular weight is 534 g/mol. The zero-order valence-electron chi connectivity index (χ0n) is 20.3. The monoisotopic (exact) mass is 533 g/mol. The Morgan fingerprint density at radius 2 is 1.89 bits per heavy atom. The quantitative estimate of drug-likeness (QED) is 0.363. The summed E-state index contributed by atoms with van der Waals surface area (Å²) in [7, 11) is 2.78. The van der Waals surface area contributed by atoms with Crippen LogP contribution in [-0.2, 0) is 25.5 Å². The number of rotatable bonds is 10. The van der Waals surface area contributed by atoms with E-state index in [1.807, 2.05) is 0 Å². The third-order valence-corrected chi connectivity index (χ3v) is 6.23. The number of carbonyl (C=O) groups excluding carboxylic acids is 3. The number of ether oxygens (including phenoxy) is 2. The maximum Gasteiger partial charge on any atom is 0.412 e. The lowest BCUT2D eigenvalue weighted by atomic mass is 10.1. The van der Waals surface area contributed by atoms with Gasteiger partial charge in [0.2, 0.25) is 5.91 Å². The molecule has 1 atom stereocenters. The molecule has 196 valence electrons. The van der Waals surface area contributed by atoms with Crippen molar-refractivity contribution in [3.63, 3.8) is 0 Å². The Kier molecular flexibility index (Phi) is 9.73. The van der Waals surface area contributed by atoms with Gasteiger partial charge in [-0.25, -0.2) is 18.6 Å². The van der Waals surface area contributed by atoms with Gasteiger partial charge in [0.15, 0.2) is 0 Å². The van der Waals surface area contributed by atoms with Crippen molar-refractivity contribution in [2.24, 2.45) is 0 Å². The zero-order chi connectivity index (χ0) is 26.9.